The van der Waals surface area contributed by atoms with E-state index in [9.17, 15) is 9.59 Å². The minimum Gasteiger partial charge on any atom is -0.369 e. The molecule has 0 spiro atoms. The van der Waals surface area contributed by atoms with Gasteiger partial charge in [-0.05, 0) is 18.6 Å². The lowest BCUT2D eigenvalue weighted by Gasteiger charge is -2.36. The second-order valence-electron chi connectivity index (χ2n) is 7.18. The first-order chi connectivity index (χ1) is 13.6. The second-order valence-corrected chi connectivity index (χ2v) is 7.18. The van der Waals surface area contributed by atoms with E-state index < -0.39 is 0 Å². The van der Waals surface area contributed by atoms with Gasteiger partial charge in [-0.3, -0.25) is 9.69 Å². The summed E-state index contributed by atoms with van der Waals surface area (Å²) in [6, 6.07) is 17.5. The van der Waals surface area contributed by atoms with Crippen molar-refractivity contribution in [1.82, 2.24) is 14.9 Å². The molecule has 0 bridgehead atoms. The van der Waals surface area contributed by atoms with Crippen LogP contribution in [0.4, 0.5) is 5.69 Å². The SMILES string of the molecule is Cc1ccccc1N1CCN(Cc2[nH]c(=O)[nH]c2C(=O)c2ccccc2)CC1.Cl. The molecule has 0 unspecified atom stereocenters. The van der Waals surface area contributed by atoms with Gasteiger partial charge in [-0.1, -0.05) is 48.5 Å². The highest BCUT2D eigenvalue weighted by Crippen LogP contribution is 2.21. The molecule has 1 saturated heterocycles. The van der Waals surface area contributed by atoms with Gasteiger partial charge in [0, 0.05) is 44.0 Å². The summed E-state index contributed by atoms with van der Waals surface area (Å²) in [7, 11) is 0. The van der Waals surface area contributed by atoms with Crippen LogP contribution in [0.25, 0.3) is 0 Å². The van der Waals surface area contributed by atoms with Crippen LogP contribution in [-0.2, 0) is 6.54 Å². The molecule has 2 heterocycles. The zero-order valence-corrected chi connectivity index (χ0v) is 17.2. The largest absolute Gasteiger partial charge is 0.369 e. The highest BCUT2D eigenvalue weighted by atomic mass is 35.5. The molecule has 3 aromatic rings. The Balaban J connectivity index is 0.00000240. The topological polar surface area (TPSA) is 72.2 Å². The number of halogens is 1. The van der Waals surface area contributed by atoms with E-state index in [0.29, 0.717) is 23.5 Å². The number of anilines is 1. The molecule has 4 rings (SSSR count). The number of hydrogen-bond donors (Lipinski definition) is 2. The summed E-state index contributed by atoms with van der Waals surface area (Å²) in [4.78, 5) is 34.8. The van der Waals surface area contributed by atoms with E-state index in [4.69, 9.17) is 0 Å². The molecule has 1 aliphatic rings. The molecular formula is C22H25ClN4O2. The molecule has 1 aromatic heterocycles. The van der Waals surface area contributed by atoms with Crippen molar-refractivity contribution in [2.24, 2.45) is 0 Å². The normalized spacial score (nSPS) is 14.4. The summed E-state index contributed by atoms with van der Waals surface area (Å²) in [6.45, 7) is 6.27. The zero-order valence-electron chi connectivity index (χ0n) is 16.4. The van der Waals surface area contributed by atoms with Crippen molar-refractivity contribution in [3.63, 3.8) is 0 Å². The quantitative estimate of drug-likeness (QED) is 0.632. The fourth-order valence-corrected chi connectivity index (χ4v) is 3.75. The number of carbonyl (C=O) groups excluding carboxylic acids is 1. The monoisotopic (exact) mass is 412 g/mol. The molecule has 0 amide bonds. The molecule has 0 saturated carbocycles. The summed E-state index contributed by atoms with van der Waals surface area (Å²) in [5.74, 6) is -0.160. The summed E-state index contributed by atoms with van der Waals surface area (Å²) in [5, 5.41) is 0. The highest BCUT2D eigenvalue weighted by molar-refractivity contribution is 6.08. The summed E-state index contributed by atoms with van der Waals surface area (Å²) in [6.07, 6.45) is 0. The fourth-order valence-electron chi connectivity index (χ4n) is 3.75. The van der Waals surface area contributed by atoms with Crippen LogP contribution in [0.15, 0.2) is 59.4 Å². The third kappa shape index (κ3) is 4.60. The van der Waals surface area contributed by atoms with Gasteiger partial charge in [0.1, 0.15) is 5.69 Å². The lowest BCUT2D eigenvalue weighted by atomic mass is 10.1. The fraction of sp³-hybridized carbons (Fsp3) is 0.273. The van der Waals surface area contributed by atoms with E-state index >= 15 is 0 Å². The summed E-state index contributed by atoms with van der Waals surface area (Å²) >= 11 is 0. The Morgan fingerprint density at radius 3 is 2.28 bits per heavy atom. The number of piperazine rings is 1. The van der Waals surface area contributed by atoms with E-state index in [1.165, 1.54) is 11.3 Å². The van der Waals surface area contributed by atoms with Crippen molar-refractivity contribution >= 4 is 23.9 Å². The minimum absolute atomic E-state index is 0. The Kier molecular flexibility index (Phi) is 6.56. The van der Waals surface area contributed by atoms with Crippen molar-refractivity contribution in [2.75, 3.05) is 31.1 Å². The lowest BCUT2D eigenvalue weighted by Crippen LogP contribution is -2.46. The number of para-hydroxylation sites is 1. The number of nitrogens with zero attached hydrogens (tertiary/aromatic N) is 2. The van der Waals surface area contributed by atoms with Crippen LogP contribution >= 0.6 is 12.4 Å². The van der Waals surface area contributed by atoms with Gasteiger partial charge >= 0.3 is 5.69 Å². The Morgan fingerprint density at radius 1 is 0.931 bits per heavy atom. The molecule has 2 N–H and O–H groups in total. The maximum Gasteiger partial charge on any atom is 0.323 e. The number of ketones is 1. The van der Waals surface area contributed by atoms with Gasteiger partial charge in [-0.2, -0.15) is 0 Å². The van der Waals surface area contributed by atoms with Crippen LogP contribution in [0.2, 0.25) is 0 Å². The van der Waals surface area contributed by atoms with Crippen molar-refractivity contribution in [2.45, 2.75) is 13.5 Å². The number of aryl methyl sites for hydroxylation is 1. The average molecular weight is 413 g/mol. The molecule has 0 radical (unpaired) electrons. The van der Waals surface area contributed by atoms with Crippen LogP contribution in [0, 0.1) is 6.92 Å². The first kappa shape index (κ1) is 20.9. The first-order valence-corrected chi connectivity index (χ1v) is 9.55. The second kappa shape index (κ2) is 9.11. The number of aromatic amines is 2. The van der Waals surface area contributed by atoms with Gasteiger partial charge in [0.15, 0.2) is 0 Å². The van der Waals surface area contributed by atoms with Crippen molar-refractivity contribution in [3.05, 3.63) is 87.6 Å². The number of benzene rings is 2. The van der Waals surface area contributed by atoms with Crippen LogP contribution in [-0.4, -0.2) is 46.8 Å². The zero-order chi connectivity index (χ0) is 19.5. The Bertz CT molecular complexity index is 1020. The number of rotatable bonds is 5. The van der Waals surface area contributed by atoms with E-state index in [1.807, 2.05) is 18.2 Å². The van der Waals surface area contributed by atoms with Crippen LogP contribution < -0.4 is 10.6 Å². The summed E-state index contributed by atoms with van der Waals surface area (Å²) in [5.41, 5.74) is 3.80. The maximum atomic E-state index is 12.8. The predicted octanol–water partition coefficient (Wildman–Crippen LogP) is 2.99. The van der Waals surface area contributed by atoms with Gasteiger partial charge in [-0.25, -0.2) is 4.79 Å². The molecule has 0 aliphatic carbocycles. The molecular weight excluding hydrogens is 388 g/mol. The molecule has 6 nitrogen and oxygen atoms in total. The van der Waals surface area contributed by atoms with Crippen molar-refractivity contribution in [3.8, 4) is 0 Å². The molecule has 152 valence electrons. The molecule has 1 aliphatic heterocycles. The van der Waals surface area contributed by atoms with Gasteiger partial charge in [0.2, 0.25) is 5.78 Å². The van der Waals surface area contributed by atoms with Gasteiger partial charge < -0.3 is 14.9 Å². The highest BCUT2D eigenvalue weighted by Gasteiger charge is 2.22. The van der Waals surface area contributed by atoms with E-state index in [1.54, 1.807) is 12.1 Å². The smallest absolute Gasteiger partial charge is 0.323 e. The molecule has 7 heteroatoms. The van der Waals surface area contributed by atoms with Crippen LogP contribution in [0.3, 0.4) is 0 Å². The van der Waals surface area contributed by atoms with Gasteiger partial charge in [0.05, 0.1) is 5.69 Å². The number of hydrogen-bond acceptors (Lipinski definition) is 4. The molecule has 2 aromatic carbocycles. The third-order valence-corrected chi connectivity index (χ3v) is 5.28. The number of H-pyrrole nitrogens is 2. The molecule has 0 atom stereocenters. The number of carbonyl (C=O) groups is 1. The molecule has 29 heavy (non-hydrogen) atoms. The average Bonchev–Trinajstić information content (AvgIpc) is 3.09. The Labute approximate surface area is 176 Å². The Morgan fingerprint density at radius 2 is 1.59 bits per heavy atom. The van der Waals surface area contributed by atoms with E-state index in [2.05, 4.69) is 51.0 Å². The van der Waals surface area contributed by atoms with E-state index in [0.717, 1.165) is 26.2 Å². The number of aromatic nitrogens is 2. The van der Waals surface area contributed by atoms with E-state index in [-0.39, 0.29) is 23.9 Å². The first-order valence-electron chi connectivity index (χ1n) is 9.55. The van der Waals surface area contributed by atoms with Crippen LogP contribution in [0.1, 0.15) is 27.3 Å². The Hall–Kier alpha value is -2.83. The molecule has 1 fully saturated rings. The maximum absolute atomic E-state index is 12.8. The number of nitrogens with one attached hydrogen (secondary N) is 2. The van der Waals surface area contributed by atoms with Crippen molar-refractivity contribution in [1.29, 1.82) is 0 Å². The van der Waals surface area contributed by atoms with Gasteiger partial charge in [0.25, 0.3) is 0 Å². The summed E-state index contributed by atoms with van der Waals surface area (Å²) < 4.78 is 0. The van der Waals surface area contributed by atoms with Crippen LogP contribution in [0.5, 0.6) is 0 Å². The lowest BCUT2D eigenvalue weighted by molar-refractivity contribution is 0.103. The minimum atomic E-state index is -0.340. The standard InChI is InChI=1S/C22H24N4O2.ClH/c1-16-7-5-6-10-19(16)26-13-11-25(12-14-26)15-18-20(24-22(28)23-18)21(27)17-8-3-2-4-9-17;/h2-10H,11-15H2,1H3,(H2,23,24,28);1H. The predicted molar refractivity (Wildman–Crippen MR) is 117 cm³/mol. The third-order valence-electron chi connectivity index (χ3n) is 5.28. The van der Waals surface area contributed by atoms with Gasteiger partial charge in [-0.15, -0.1) is 12.4 Å². The number of imidazole rings is 1. The van der Waals surface area contributed by atoms with Crippen molar-refractivity contribution < 1.29 is 4.79 Å².